The van der Waals surface area contributed by atoms with Gasteiger partial charge in [-0.2, -0.15) is 0 Å². The lowest BCUT2D eigenvalue weighted by atomic mass is 10.4. The Balaban J connectivity index is 3.38. The largest absolute Gasteiger partial charge is 0.460 e. The average Bonchev–Trinajstić information content (AvgIpc) is 2.05. The predicted octanol–water partition coefficient (Wildman–Crippen LogP) is 1.53. The highest BCUT2D eigenvalue weighted by Crippen LogP contribution is 1.95. The zero-order valence-electron chi connectivity index (χ0n) is 7.71. The van der Waals surface area contributed by atoms with Crippen molar-refractivity contribution in [2.75, 3.05) is 13.2 Å². The first-order valence-electron chi connectivity index (χ1n) is 4.08. The highest BCUT2D eigenvalue weighted by molar-refractivity contribution is 5.69. The maximum Gasteiger partial charge on any atom is 0.305 e. The molecular formula is C9H16O3. The van der Waals surface area contributed by atoms with E-state index < -0.39 is 0 Å². The van der Waals surface area contributed by atoms with Gasteiger partial charge in [-0.3, -0.25) is 4.79 Å². The molecule has 0 amide bonds. The summed E-state index contributed by atoms with van der Waals surface area (Å²) in [5.74, 6) is -0.190. The second-order valence-corrected chi connectivity index (χ2v) is 2.48. The lowest BCUT2D eigenvalue weighted by Crippen LogP contribution is -2.19. The summed E-state index contributed by atoms with van der Waals surface area (Å²) in [5.41, 5.74) is 0. The van der Waals surface area contributed by atoms with Crippen LogP contribution in [0.3, 0.4) is 0 Å². The van der Waals surface area contributed by atoms with Crippen LogP contribution in [0.25, 0.3) is 0 Å². The molecule has 1 unspecified atom stereocenters. The van der Waals surface area contributed by atoms with Crippen molar-refractivity contribution >= 4 is 5.97 Å². The molecule has 0 aromatic carbocycles. The van der Waals surface area contributed by atoms with Gasteiger partial charge in [-0.05, 0) is 6.92 Å². The average molecular weight is 172 g/mol. The van der Waals surface area contributed by atoms with Crippen molar-refractivity contribution in [1.29, 1.82) is 0 Å². The van der Waals surface area contributed by atoms with Gasteiger partial charge >= 0.3 is 5.97 Å². The number of carbonyl (C=O) groups excluding carboxylic acids is 1. The Morgan fingerprint density at radius 3 is 2.83 bits per heavy atom. The van der Waals surface area contributed by atoms with E-state index in [-0.39, 0.29) is 12.1 Å². The molecule has 3 heteroatoms. The minimum atomic E-state index is -0.190. The van der Waals surface area contributed by atoms with E-state index in [1.807, 2.05) is 0 Å². The molecule has 0 aliphatic carbocycles. The van der Waals surface area contributed by atoms with Gasteiger partial charge in [0.2, 0.25) is 0 Å². The molecule has 0 aliphatic rings. The van der Waals surface area contributed by atoms with Gasteiger partial charge in [0.05, 0.1) is 13.2 Å². The van der Waals surface area contributed by atoms with Gasteiger partial charge < -0.3 is 9.47 Å². The summed E-state index contributed by atoms with van der Waals surface area (Å²) in [6.45, 7) is 7.99. The van der Waals surface area contributed by atoms with Crippen LogP contribution in [0.1, 0.15) is 20.3 Å². The predicted molar refractivity (Wildman–Crippen MR) is 46.9 cm³/mol. The number of hydrogen-bond donors (Lipinski definition) is 0. The van der Waals surface area contributed by atoms with Crippen LogP contribution in [-0.4, -0.2) is 25.3 Å². The Bertz CT molecular complexity index is 143. The van der Waals surface area contributed by atoms with Crippen LogP contribution in [0.5, 0.6) is 0 Å². The minimum Gasteiger partial charge on any atom is -0.460 e. The van der Waals surface area contributed by atoms with E-state index >= 15 is 0 Å². The zero-order valence-corrected chi connectivity index (χ0v) is 7.71. The van der Waals surface area contributed by atoms with E-state index in [9.17, 15) is 4.79 Å². The van der Waals surface area contributed by atoms with Gasteiger partial charge in [0.25, 0.3) is 0 Å². The van der Waals surface area contributed by atoms with E-state index in [0.29, 0.717) is 19.6 Å². The summed E-state index contributed by atoms with van der Waals surface area (Å²) in [6, 6.07) is 0. The first kappa shape index (κ1) is 11.2. The summed E-state index contributed by atoms with van der Waals surface area (Å²) in [7, 11) is 0. The number of esters is 1. The van der Waals surface area contributed by atoms with Crippen molar-refractivity contribution in [2.24, 2.45) is 0 Å². The lowest BCUT2D eigenvalue weighted by molar-refractivity contribution is -0.150. The highest BCUT2D eigenvalue weighted by Gasteiger charge is 2.06. The summed E-state index contributed by atoms with van der Waals surface area (Å²) < 4.78 is 10.0. The third-order valence-electron chi connectivity index (χ3n) is 1.21. The first-order valence-corrected chi connectivity index (χ1v) is 4.08. The topological polar surface area (TPSA) is 35.5 Å². The fourth-order valence-corrected chi connectivity index (χ4v) is 0.659. The van der Waals surface area contributed by atoms with Gasteiger partial charge in [-0.15, -0.1) is 6.58 Å². The van der Waals surface area contributed by atoms with Gasteiger partial charge in [0.1, 0.15) is 6.10 Å². The molecule has 0 spiro atoms. The number of carbonyl (C=O) groups is 1. The van der Waals surface area contributed by atoms with Crippen LogP contribution in [0.2, 0.25) is 0 Å². The van der Waals surface area contributed by atoms with E-state index in [1.165, 1.54) is 0 Å². The van der Waals surface area contributed by atoms with Crippen molar-refractivity contribution in [3.63, 3.8) is 0 Å². The molecule has 0 rings (SSSR count). The molecule has 0 bridgehead atoms. The van der Waals surface area contributed by atoms with Crippen LogP contribution < -0.4 is 0 Å². The third-order valence-corrected chi connectivity index (χ3v) is 1.21. The van der Waals surface area contributed by atoms with Crippen LogP contribution >= 0.6 is 0 Å². The van der Waals surface area contributed by atoms with E-state index in [1.54, 1.807) is 19.9 Å². The quantitative estimate of drug-likeness (QED) is 0.346. The van der Waals surface area contributed by atoms with Gasteiger partial charge in [-0.1, -0.05) is 13.0 Å². The molecule has 0 heterocycles. The summed E-state index contributed by atoms with van der Waals surface area (Å²) in [6.07, 6.45) is 1.90. The number of hydrogen-bond acceptors (Lipinski definition) is 3. The molecule has 0 N–H and O–H groups in total. The van der Waals surface area contributed by atoms with Crippen molar-refractivity contribution in [3.8, 4) is 0 Å². The minimum absolute atomic E-state index is 0.169. The lowest BCUT2D eigenvalue weighted by Gasteiger charge is -2.11. The van der Waals surface area contributed by atoms with Crippen molar-refractivity contribution < 1.29 is 14.3 Å². The van der Waals surface area contributed by atoms with Crippen LogP contribution in [0.4, 0.5) is 0 Å². The Hall–Kier alpha value is -0.830. The molecule has 12 heavy (non-hydrogen) atoms. The molecule has 0 fully saturated rings. The first-order chi connectivity index (χ1) is 5.70. The fraction of sp³-hybridized carbons (Fsp3) is 0.667. The zero-order chi connectivity index (χ0) is 9.40. The summed E-state index contributed by atoms with van der Waals surface area (Å²) in [5, 5.41) is 0. The standard InChI is InChI=1S/C9H16O3/c1-4-6-11-7-8(3)12-9(10)5-2/h4,8H,1,5-7H2,2-3H3. The molecule has 70 valence electrons. The second kappa shape index (κ2) is 6.85. The molecule has 0 aromatic rings. The Morgan fingerprint density at radius 1 is 1.67 bits per heavy atom. The molecule has 3 nitrogen and oxygen atoms in total. The van der Waals surface area contributed by atoms with Gasteiger partial charge in [0.15, 0.2) is 0 Å². The smallest absolute Gasteiger partial charge is 0.305 e. The molecule has 1 atom stereocenters. The van der Waals surface area contributed by atoms with Crippen molar-refractivity contribution in [1.82, 2.24) is 0 Å². The Labute approximate surface area is 73.4 Å². The van der Waals surface area contributed by atoms with E-state index in [0.717, 1.165) is 0 Å². The van der Waals surface area contributed by atoms with Crippen LogP contribution in [0, 0.1) is 0 Å². The molecule has 0 aromatic heterocycles. The maximum absolute atomic E-state index is 10.8. The van der Waals surface area contributed by atoms with Crippen molar-refractivity contribution in [2.45, 2.75) is 26.4 Å². The number of rotatable bonds is 6. The fourth-order valence-electron chi connectivity index (χ4n) is 0.659. The molecule has 0 saturated carbocycles. The SMILES string of the molecule is C=CCOCC(C)OC(=O)CC. The number of ether oxygens (including phenoxy) is 2. The highest BCUT2D eigenvalue weighted by atomic mass is 16.6. The molecule has 0 saturated heterocycles. The van der Waals surface area contributed by atoms with Crippen LogP contribution in [-0.2, 0) is 14.3 Å². The second-order valence-electron chi connectivity index (χ2n) is 2.48. The Morgan fingerprint density at radius 2 is 2.33 bits per heavy atom. The molecule has 0 aliphatic heterocycles. The maximum atomic E-state index is 10.8. The van der Waals surface area contributed by atoms with Gasteiger partial charge in [-0.25, -0.2) is 0 Å². The molecule has 0 radical (unpaired) electrons. The third kappa shape index (κ3) is 5.92. The summed E-state index contributed by atoms with van der Waals surface area (Å²) >= 11 is 0. The summed E-state index contributed by atoms with van der Waals surface area (Å²) in [4.78, 5) is 10.8. The van der Waals surface area contributed by atoms with E-state index in [2.05, 4.69) is 6.58 Å². The van der Waals surface area contributed by atoms with Crippen LogP contribution in [0.15, 0.2) is 12.7 Å². The van der Waals surface area contributed by atoms with Gasteiger partial charge in [0, 0.05) is 6.42 Å². The van der Waals surface area contributed by atoms with E-state index in [4.69, 9.17) is 9.47 Å². The normalized spacial score (nSPS) is 12.2. The monoisotopic (exact) mass is 172 g/mol. The molecular weight excluding hydrogens is 156 g/mol. The van der Waals surface area contributed by atoms with Crippen molar-refractivity contribution in [3.05, 3.63) is 12.7 Å². The Kier molecular flexibility index (Phi) is 6.38.